The van der Waals surface area contributed by atoms with Gasteiger partial charge in [-0.2, -0.15) is 4.98 Å². The van der Waals surface area contributed by atoms with Crippen LogP contribution in [0, 0.1) is 19.8 Å². The van der Waals surface area contributed by atoms with Gasteiger partial charge in [0.1, 0.15) is 11.7 Å². The highest BCUT2D eigenvalue weighted by atomic mass is 32.2. The Kier molecular flexibility index (Phi) is 8.81. The van der Waals surface area contributed by atoms with Crippen LogP contribution in [0.5, 0.6) is 5.88 Å². The van der Waals surface area contributed by atoms with Crippen LogP contribution in [0.3, 0.4) is 0 Å². The number of fused-ring (bicyclic) bond motifs is 6. The van der Waals surface area contributed by atoms with Crippen molar-refractivity contribution in [1.29, 1.82) is 0 Å². The highest BCUT2D eigenvalue weighted by molar-refractivity contribution is 7.92. The third-order valence-electron chi connectivity index (χ3n) is 7.70. The van der Waals surface area contributed by atoms with Crippen molar-refractivity contribution >= 4 is 28.0 Å². The number of anilines is 1. The average molecular weight is 636 g/mol. The molecule has 1 fully saturated rings. The number of rotatable bonds is 3. The van der Waals surface area contributed by atoms with E-state index in [9.17, 15) is 18.0 Å². The fourth-order valence-corrected chi connectivity index (χ4v) is 6.82. The Hall–Kier alpha value is -4.19. The summed E-state index contributed by atoms with van der Waals surface area (Å²) in [6, 6.07) is 13.0. The van der Waals surface area contributed by atoms with Gasteiger partial charge in [-0.25, -0.2) is 22.9 Å². The molecule has 1 N–H and O–H groups in total. The van der Waals surface area contributed by atoms with Crippen LogP contribution in [0.2, 0.25) is 0 Å². The number of aryl methyl sites for hydroxylation is 2. The summed E-state index contributed by atoms with van der Waals surface area (Å²) in [6.45, 7) is 13.9. The largest absolute Gasteiger partial charge is 0.470 e. The van der Waals surface area contributed by atoms with Gasteiger partial charge in [0.2, 0.25) is 11.8 Å². The number of sulfonamides is 1. The number of nitrogens with one attached hydrogen (secondary N) is 1. The van der Waals surface area contributed by atoms with E-state index in [1.54, 1.807) is 21.9 Å². The zero-order valence-corrected chi connectivity index (χ0v) is 27.6. The second-order valence-electron chi connectivity index (χ2n) is 13.2. The van der Waals surface area contributed by atoms with E-state index >= 15 is 0 Å². The van der Waals surface area contributed by atoms with Crippen molar-refractivity contribution in [3.63, 3.8) is 0 Å². The third-order valence-corrected chi connectivity index (χ3v) is 9.02. The van der Waals surface area contributed by atoms with Gasteiger partial charge in [0.05, 0.1) is 29.7 Å². The predicted octanol–water partition coefficient (Wildman–Crippen LogP) is 5.43. The van der Waals surface area contributed by atoms with Gasteiger partial charge in [-0.1, -0.05) is 38.1 Å². The first kappa shape index (κ1) is 32.2. The predicted molar refractivity (Wildman–Crippen MR) is 171 cm³/mol. The lowest BCUT2D eigenvalue weighted by molar-refractivity contribution is 0.0182. The van der Waals surface area contributed by atoms with Crippen LogP contribution in [0.15, 0.2) is 53.4 Å². The van der Waals surface area contributed by atoms with Gasteiger partial charge in [0.25, 0.3) is 15.9 Å². The van der Waals surface area contributed by atoms with E-state index in [4.69, 9.17) is 9.47 Å². The fourth-order valence-electron chi connectivity index (χ4n) is 5.83. The summed E-state index contributed by atoms with van der Waals surface area (Å²) in [5, 5.41) is 0. The van der Waals surface area contributed by atoms with Crippen molar-refractivity contribution in [2.45, 2.75) is 77.5 Å². The number of nitrogens with zero attached hydrogens (tertiary/aromatic N) is 4. The second-order valence-corrected chi connectivity index (χ2v) is 14.9. The SMILES string of the molecule is Cc1cccc(C)c1-c1cc2nc(n1)NS(=O)(=O)c1cccc(c1)C(=O)N1C[C@@H](CN(C(=O)OC(C)(C)C)C[C@@H]1CC(C)C)O2. The maximum atomic E-state index is 14.2. The number of amides is 2. The number of hydrogen-bond acceptors (Lipinski definition) is 8. The summed E-state index contributed by atoms with van der Waals surface area (Å²) in [4.78, 5) is 39.9. The van der Waals surface area contributed by atoms with Crippen LogP contribution in [0.25, 0.3) is 11.3 Å². The van der Waals surface area contributed by atoms with E-state index in [0.717, 1.165) is 16.7 Å². The first-order valence-electron chi connectivity index (χ1n) is 15.1. The molecule has 0 unspecified atom stereocenters. The molecule has 0 saturated carbocycles. The quantitative estimate of drug-likeness (QED) is 0.403. The molecule has 12 heteroatoms. The molecule has 240 valence electrons. The Morgan fingerprint density at radius 1 is 1.04 bits per heavy atom. The molecule has 2 aliphatic heterocycles. The molecule has 3 aromatic rings. The molecular weight excluding hydrogens is 594 g/mol. The van der Waals surface area contributed by atoms with E-state index in [1.807, 2.05) is 52.8 Å². The van der Waals surface area contributed by atoms with Crippen LogP contribution >= 0.6 is 0 Å². The first-order chi connectivity index (χ1) is 21.1. The molecule has 2 aliphatic rings. The molecule has 0 spiro atoms. The number of aromatic nitrogens is 2. The highest BCUT2D eigenvalue weighted by Crippen LogP contribution is 2.31. The molecule has 1 aromatic heterocycles. The minimum atomic E-state index is -4.17. The van der Waals surface area contributed by atoms with E-state index in [0.29, 0.717) is 12.1 Å². The van der Waals surface area contributed by atoms with Crippen LogP contribution in [0.4, 0.5) is 10.7 Å². The van der Waals surface area contributed by atoms with Crippen molar-refractivity contribution in [2.75, 3.05) is 24.4 Å². The average Bonchev–Trinajstić information content (AvgIpc) is 3.10. The Bertz CT molecular complexity index is 1700. The summed E-state index contributed by atoms with van der Waals surface area (Å²) in [5.74, 6) is -0.223. The van der Waals surface area contributed by atoms with Gasteiger partial charge in [-0.05, 0) is 76.3 Å². The number of carbonyl (C=O) groups excluding carboxylic acids is 2. The molecule has 11 nitrogen and oxygen atoms in total. The molecule has 1 saturated heterocycles. The number of hydrogen-bond donors (Lipinski definition) is 1. The zero-order chi connectivity index (χ0) is 32.7. The van der Waals surface area contributed by atoms with Gasteiger partial charge in [-0.15, -0.1) is 0 Å². The van der Waals surface area contributed by atoms with Gasteiger partial charge in [0, 0.05) is 23.7 Å². The summed E-state index contributed by atoms with van der Waals surface area (Å²) < 4.78 is 41.9. The van der Waals surface area contributed by atoms with Crippen LogP contribution in [-0.4, -0.2) is 77.6 Å². The van der Waals surface area contributed by atoms with Crippen molar-refractivity contribution in [3.05, 3.63) is 65.2 Å². The normalized spacial score (nSPS) is 19.8. The lowest BCUT2D eigenvalue weighted by atomic mass is 10.00. The first-order valence-corrected chi connectivity index (χ1v) is 16.6. The minimum absolute atomic E-state index is 0.0988. The molecule has 45 heavy (non-hydrogen) atoms. The molecule has 0 aliphatic carbocycles. The molecule has 2 atom stereocenters. The Morgan fingerprint density at radius 2 is 1.73 bits per heavy atom. The fraction of sp³-hybridized carbons (Fsp3) is 0.455. The Balaban J connectivity index is 1.69. The monoisotopic (exact) mass is 635 g/mol. The maximum Gasteiger partial charge on any atom is 0.410 e. The topological polar surface area (TPSA) is 131 Å². The van der Waals surface area contributed by atoms with E-state index in [-0.39, 0.29) is 59.8 Å². The molecule has 5 rings (SSSR count). The summed E-state index contributed by atoms with van der Waals surface area (Å²) >= 11 is 0. The number of benzene rings is 2. The third kappa shape index (κ3) is 7.38. The molecule has 0 radical (unpaired) electrons. The number of ether oxygens (including phenoxy) is 2. The van der Waals surface area contributed by atoms with Gasteiger partial charge < -0.3 is 19.3 Å². The summed E-state index contributed by atoms with van der Waals surface area (Å²) in [6.07, 6.45) is -0.617. The summed E-state index contributed by atoms with van der Waals surface area (Å²) in [7, 11) is -4.17. The smallest absolute Gasteiger partial charge is 0.410 e. The Labute approximate surface area is 265 Å². The lowest BCUT2D eigenvalue weighted by Crippen LogP contribution is -2.47. The lowest BCUT2D eigenvalue weighted by Gasteiger charge is -2.33. The van der Waals surface area contributed by atoms with Gasteiger partial charge >= 0.3 is 6.09 Å². The minimum Gasteiger partial charge on any atom is -0.470 e. The van der Waals surface area contributed by atoms with Crippen LogP contribution < -0.4 is 9.46 Å². The zero-order valence-electron chi connectivity index (χ0n) is 26.8. The summed E-state index contributed by atoms with van der Waals surface area (Å²) in [5.41, 5.74) is 2.66. The highest BCUT2D eigenvalue weighted by Gasteiger charge is 2.38. The van der Waals surface area contributed by atoms with Crippen molar-refractivity contribution < 1.29 is 27.5 Å². The van der Waals surface area contributed by atoms with E-state index in [1.165, 1.54) is 18.2 Å². The van der Waals surface area contributed by atoms with Crippen molar-refractivity contribution in [1.82, 2.24) is 19.8 Å². The van der Waals surface area contributed by atoms with E-state index in [2.05, 4.69) is 28.5 Å². The second kappa shape index (κ2) is 12.3. The van der Waals surface area contributed by atoms with Gasteiger partial charge in [-0.3, -0.25) is 4.79 Å². The molecular formula is C33H41N5O6S. The Morgan fingerprint density at radius 3 is 2.40 bits per heavy atom. The molecule has 2 amide bonds. The molecule has 6 bridgehead atoms. The molecule has 3 heterocycles. The van der Waals surface area contributed by atoms with Crippen molar-refractivity contribution in [2.24, 2.45) is 5.92 Å². The number of carbonyl (C=O) groups is 2. The van der Waals surface area contributed by atoms with Crippen molar-refractivity contribution in [3.8, 4) is 17.1 Å². The van der Waals surface area contributed by atoms with E-state index < -0.39 is 27.8 Å². The molecule has 2 aromatic carbocycles. The van der Waals surface area contributed by atoms with Crippen LogP contribution in [-0.2, 0) is 14.8 Å². The standard InChI is InChI=1S/C33H41N5O6S/c1-20(2)14-24-17-37(32(40)44-33(5,6)7)18-25-19-38(24)30(39)23-12-9-13-26(15-23)45(41,42)36-31-34-27(16-28(35-31)43-25)29-21(3)10-8-11-22(29)4/h8-13,15-16,20,24-25H,14,17-19H2,1-7H3,(H,34,35,36)/t24-,25+/m0/s1. The van der Waals surface area contributed by atoms with Crippen LogP contribution in [0.1, 0.15) is 62.5 Å². The van der Waals surface area contributed by atoms with Gasteiger partial charge in [0.15, 0.2) is 0 Å². The maximum absolute atomic E-state index is 14.2.